The third-order valence-electron chi connectivity index (χ3n) is 3.96. The highest BCUT2D eigenvalue weighted by molar-refractivity contribution is 6.74. The van der Waals surface area contributed by atoms with Gasteiger partial charge in [-0.1, -0.05) is 20.8 Å². The molecule has 0 bridgehead atoms. The molecule has 0 unspecified atom stereocenters. The number of rotatable bonds is 9. The molecule has 1 amide bonds. The monoisotopic (exact) mass is 319 g/mol. The topological polar surface area (TPSA) is 67.8 Å². The molecule has 0 aliphatic carbocycles. The normalized spacial score (nSPS) is 13.9. The Balaban J connectivity index is 3.70. The first kappa shape index (κ1) is 20.4. The predicted octanol–water partition coefficient (Wildman–Crippen LogP) is 3.29. The molecule has 0 aliphatic rings. The third-order valence-corrected chi connectivity index (χ3v) is 8.50. The van der Waals surface area contributed by atoms with Crippen LogP contribution in [0.2, 0.25) is 18.1 Å². The summed E-state index contributed by atoms with van der Waals surface area (Å²) in [5.74, 6) is 0. The second kappa shape index (κ2) is 9.43. The summed E-state index contributed by atoms with van der Waals surface area (Å²) < 4.78 is 10.8. The number of amides is 1. The fourth-order valence-corrected chi connectivity index (χ4v) is 2.60. The van der Waals surface area contributed by atoms with Crippen molar-refractivity contribution in [3.8, 4) is 0 Å². The zero-order valence-electron chi connectivity index (χ0n) is 14.5. The lowest BCUT2D eigenvalue weighted by Gasteiger charge is -2.36. The number of aliphatic hydroxyl groups excluding tert-OH is 1. The largest absolute Gasteiger partial charge is 0.450 e. The Morgan fingerprint density at radius 2 is 1.90 bits per heavy atom. The Kier molecular flexibility index (Phi) is 9.16. The molecule has 5 nitrogen and oxygen atoms in total. The summed E-state index contributed by atoms with van der Waals surface area (Å²) in [7, 11) is -1.66. The third kappa shape index (κ3) is 9.11. The van der Waals surface area contributed by atoms with Gasteiger partial charge in [0.15, 0.2) is 8.32 Å². The Bertz CT molecular complexity index is 303. The number of carbonyl (C=O) groups excluding carboxylic acids is 1. The lowest BCUT2D eigenvalue weighted by atomic mass is 10.1. The SMILES string of the molecule is CCOC(=O)NC[C@H](O)CCCCO[Si](C)(C)C(C)(C)C. The van der Waals surface area contributed by atoms with Gasteiger partial charge in [-0.15, -0.1) is 0 Å². The van der Waals surface area contributed by atoms with E-state index in [0.717, 1.165) is 19.4 Å². The predicted molar refractivity (Wildman–Crippen MR) is 88.0 cm³/mol. The number of unbranched alkanes of at least 4 members (excludes halogenated alkanes) is 1. The van der Waals surface area contributed by atoms with E-state index in [2.05, 4.69) is 39.2 Å². The van der Waals surface area contributed by atoms with Crippen molar-refractivity contribution in [2.24, 2.45) is 0 Å². The van der Waals surface area contributed by atoms with E-state index in [-0.39, 0.29) is 11.6 Å². The number of nitrogens with one attached hydrogen (secondary N) is 1. The summed E-state index contributed by atoms with van der Waals surface area (Å²) in [5, 5.41) is 12.5. The smallest absolute Gasteiger partial charge is 0.407 e. The van der Waals surface area contributed by atoms with Gasteiger partial charge in [0, 0.05) is 13.2 Å². The van der Waals surface area contributed by atoms with Crippen LogP contribution in [0.1, 0.15) is 47.0 Å². The maximum Gasteiger partial charge on any atom is 0.407 e. The minimum Gasteiger partial charge on any atom is -0.450 e. The Labute approximate surface area is 130 Å². The van der Waals surface area contributed by atoms with Gasteiger partial charge in [-0.25, -0.2) is 4.79 Å². The average molecular weight is 320 g/mol. The molecule has 0 spiro atoms. The molecule has 0 heterocycles. The lowest BCUT2D eigenvalue weighted by molar-refractivity contribution is 0.129. The summed E-state index contributed by atoms with van der Waals surface area (Å²) in [6, 6.07) is 0. The van der Waals surface area contributed by atoms with Crippen LogP contribution in [0.25, 0.3) is 0 Å². The van der Waals surface area contributed by atoms with E-state index in [0.29, 0.717) is 13.0 Å². The fraction of sp³-hybridized carbons (Fsp3) is 0.933. The number of carbonyl (C=O) groups is 1. The summed E-state index contributed by atoms with van der Waals surface area (Å²) >= 11 is 0. The van der Waals surface area contributed by atoms with Gasteiger partial charge in [-0.05, 0) is 44.3 Å². The Morgan fingerprint density at radius 1 is 1.29 bits per heavy atom. The molecule has 0 saturated carbocycles. The van der Waals surface area contributed by atoms with Gasteiger partial charge in [0.2, 0.25) is 0 Å². The Hall–Kier alpha value is -0.593. The van der Waals surface area contributed by atoms with Crippen molar-refractivity contribution in [1.82, 2.24) is 5.32 Å². The molecular weight excluding hydrogens is 286 g/mol. The molecule has 0 fully saturated rings. The molecule has 6 heteroatoms. The maximum atomic E-state index is 11.1. The van der Waals surface area contributed by atoms with Crippen LogP contribution in [-0.4, -0.2) is 45.4 Å². The molecule has 2 N–H and O–H groups in total. The zero-order valence-corrected chi connectivity index (χ0v) is 15.5. The standard InChI is InChI=1S/C15H33NO4Si/c1-7-19-14(18)16-12-13(17)10-8-9-11-20-21(5,6)15(2,3)4/h13,17H,7-12H2,1-6H3,(H,16,18)/t13-/m1/s1. The molecule has 0 radical (unpaired) electrons. The second-order valence-corrected chi connectivity index (χ2v) is 11.7. The second-order valence-electron chi connectivity index (χ2n) is 6.86. The van der Waals surface area contributed by atoms with E-state index in [1.54, 1.807) is 6.92 Å². The molecule has 126 valence electrons. The van der Waals surface area contributed by atoms with Gasteiger partial charge < -0.3 is 19.6 Å². The first-order valence-electron chi connectivity index (χ1n) is 7.83. The minimum atomic E-state index is -1.66. The first-order valence-corrected chi connectivity index (χ1v) is 10.7. The zero-order chi connectivity index (χ0) is 16.5. The van der Waals surface area contributed by atoms with Crippen LogP contribution in [-0.2, 0) is 9.16 Å². The van der Waals surface area contributed by atoms with Crippen LogP contribution in [0.3, 0.4) is 0 Å². The van der Waals surface area contributed by atoms with Crippen LogP contribution in [0.15, 0.2) is 0 Å². The highest BCUT2D eigenvalue weighted by atomic mass is 28.4. The van der Waals surface area contributed by atoms with Crippen LogP contribution in [0.5, 0.6) is 0 Å². The summed E-state index contributed by atoms with van der Waals surface area (Å²) in [4.78, 5) is 11.1. The van der Waals surface area contributed by atoms with Crippen LogP contribution in [0, 0.1) is 0 Å². The average Bonchev–Trinajstić information content (AvgIpc) is 2.35. The number of aliphatic hydroxyl groups is 1. The van der Waals surface area contributed by atoms with Crippen molar-refractivity contribution in [3.63, 3.8) is 0 Å². The fourth-order valence-electron chi connectivity index (χ4n) is 1.51. The summed E-state index contributed by atoms with van der Waals surface area (Å²) in [6.07, 6.45) is 1.48. The van der Waals surface area contributed by atoms with E-state index in [9.17, 15) is 9.90 Å². The Morgan fingerprint density at radius 3 is 2.43 bits per heavy atom. The molecule has 0 aromatic rings. The number of ether oxygens (including phenoxy) is 1. The number of hydrogen-bond donors (Lipinski definition) is 2. The molecule has 1 atom stereocenters. The molecule has 0 aromatic heterocycles. The van der Waals surface area contributed by atoms with Crippen LogP contribution in [0.4, 0.5) is 4.79 Å². The van der Waals surface area contributed by atoms with E-state index in [4.69, 9.17) is 9.16 Å². The van der Waals surface area contributed by atoms with Gasteiger partial charge in [0.05, 0.1) is 12.7 Å². The van der Waals surface area contributed by atoms with E-state index in [1.807, 2.05) is 0 Å². The van der Waals surface area contributed by atoms with E-state index in [1.165, 1.54) is 0 Å². The van der Waals surface area contributed by atoms with Crippen LogP contribution < -0.4 is 5.32 Å². The lowest BCUT2D eigenvalue weighted by Crippen LogP contribution is -2.41. The van der Waals surface area contributed by atoms with E-state index < -0.39 is 20.5 Å². The molecule has 0 aliphatic heterocycles. The molecule has 21 heavy (non-hydrogen) atoms. The summed E-state index contributed by atoms with van der Waals surface area (Å²) in [5.41, 5.74) is 0. The van der Waals surface area contributed by atoms with Gasteiger partial charge in [-0.2, -0.15) is 0 Å². The summed E-state index contributed by atoms with van der Waals surface area (Å²) in [6.45, 7) is 14.2. The van der Waals surface area contributed by atoms with Crippen molar-refractivity contribution >= 4 is 14.4 Å². The van der Waals surface area contributed by atoms with Crippen molar-refractivity contribution < 1.29 is 19.1 Å². The quantitative estimate of drug-likeness (QED) is 0.505. The van der Waals surface area contributed by atoms with Crippen molar-refractivity contribution in [3.05, 3.63) is 0 Å². The van der Waals surface area contributed by atoms with Gasteiger partial charge in [0.25, 0.3) is 0 Å². The first-order chi connectivity index (χ1) is 9.60. The van der Waals surface area contributed by atoms with Crippen molar-refractivity contribution in [2.75, 3.05) is 19.8 Å². The molecule has 0 saturated heterocycles. The van der Waals surface area contributed by atoms with Crippen molar-refractivity contribution in [1.29, 1.82) is 0 Å². The van der Waals surface area contributed by atoms with E-state index >= 15 is 0 Å². The molecule has 0 aromatic carbocycles. The highest BCUT2D eigenvalue weighted by Crippen LogP contribution is 2.36. The van der Waals surface area contributed by atoms with Gasteiger partial charge in [-0.3, -0.25) is 0 Å². The van der Waals surface area contributed by atoms with Gasteiger partial charge >= 0.3 is 6.09 Å². The number of alkyl carbamates (subject to hydrolysis) is 1. The maximum absolute atomic E-state index is 11.1. The molecule has 0 rings (SSSR count). The number of hydrogen-bond acceptors (Lipinski definition) is 4. The minimum absolute atomic E-state index is 0.232. The molecular formula is C15H33NO4Si. The highest BCUT2D eigenvalue weighted by Gasteiger charge is 2.36. The van der Waals surface area contributed by atoms with Crippen LogP contribution >= 0.6 is 0 Å². The van der Waals surface area contributed by atoms with Gasteiger partial charge in [0.1, 0.15) is 0 Å². The van der Waals surface area contributed by atoms with Crippen molar-refractivity contribution in [2.45, 2.75) is 71.2 Å².